The monoisotopic (exact) mass is 255 g/mol. The normalized spacial score (nSPS) is 11.1. The largest absolute Gasteiger partial charge is 0.207 e. The van der Waals surface area contributed by atoms with E-state index in [0.29, 0.717) is 5.33 Å². The summed E-state index contributed by atoms with van der Waals surface area (Å²) in [5.41, 5.74) is 1.06. The van der Waals surface area contributed by atoms with Crippen molar-refractivity contribution < 1.29 is 4.39 Å². The summed E-state index contributed by atoms with van der Waals surface area (Å²) in [5, 5.41) is 9.60. The van der Waals surface area contributed by atoms with Gasteiger partial charge in [-0.25, -0.2) is 4.39 Å². The molecule has 0 aliphatic heterocycles. The minimum absolute atomic E-state index is 0.298. The summed E-state index contributed by atoms with van der Waals surface area (Å²) in [6.45, 7) is 3.57. The van der Waals surface area contributed by atoms with Crippen LogP contribution in [0.15, 0.2) is 18.2 Å². The Hall–Kier alpha value is -0.880. The summed E-state index contributed by atoms with van der Waals surface area (Å²) in [6.07, 6.45) is 0. The van der Waals surface area contributed by atoms with Gasteiger partial charge in [0.1, 0.15) is 5.82 Å². The van der Waals surface area contributed by atoms with Crippen LogP contribution >= 0.6 is 15.9 Å². The van der Waals surface area contributed by atoms with E-state index in [-0.39, 0.29) is 5.82 Å². The molecule has 0 N–H and O–H groups in total. The summed E-state index contributed by atoms with van der Waals surface area (Å²) in [6, 6.07) is 6.72. The molecule has 0 bridgehead atoms. The highest BCUT2D eigenvalue weighted by atomic mass is 79.9. The molecule has 14 heavy (non-hydrogen) atoms. The van der Waals surface area contributed by atoms with Gasteiger partial charge < -0.3 is 0 Å². The van der Waals surface area contributed by atoms with Gasteiger partial charge in [0.15, 0.2) is 0 Å². The molecule has 0 aliphatic carbocycles. The minimum atomic E-state index is -0.648. The third-order valence-corrected chi connectivity index (χ3v) is 2.77. The Kier molecular flexibility index (Phi) is 3.28. The fourth-order valence-electron chi connectivity index (χ4n) is 1.31. The van der Waals surface area contributed by atoms with E-state index in [1.165, 1.54) is 12.1 Å². The quantitative estimate of drug-likeness (QED) is 0.742. The molecule has 3 heteroatoms. The average Bonchev–Trinajstić information content (AvgIpc) is 2.18. The highest BCUT2D eigenvalue weighted by molar-refractivity contribution is 9.08. The van der Waals surface area contributed by atoms with Crippen molar-refractivity contribution in [2.75, 3.05) is 0 Å². The van der Waals surface area contributed by atoms with Crippen molar-refractivity contribution in [3.63, 3.8) is 0 Å². The first-order valence-electron chi connectivity index (χ1n) is 4.27. The SMILES string of the molecule is CC(C)(C#N)c1cc(F)ccc1CBr. The van der Waals surface area contributed by atoms with Crippen LogP contribution in [-0.4, -0.2) is 0 Å². The van der Waals surface area contributed by atoms with Crippen LogP contribution in [-0.2, 0) is 10.7 Å². The lowest BCUT2D eigenvalue weighted by Gasteiger charge is -2.19. The predicted molar refractivity (Wildman–Crippen MR) is 57.7 cm³/mol. The lowest BCUT2D eigenvalue weighted by molar-refractivity contribution is 0.610. The second-order valence-electron chi connectivity index (χ2n) is 3.67. The van der Waals surface area contributed by atoms with Crippen molar-refractivity contribution in [1.82, 2.24) is 0 Å². The number of rotatable bonds is 2. The molecule has 1 nitrogen and oxygen atoms in total. The van der Waals surface area contributed by atoms with Crippen molar-refractivity contribution in [3.05, 3.63) is 35.1 Å². The van der Waals surface area contributed by atoms with Crippen LogP contribution in [0.3, 0.4) is 0 Å². The maximum absolute atomic E-state index is 13.0. The molecule has 0 saturated carbocycles. The van der Waals surface area contributed by atoms with E-state index in [4.69, 9.17) is 5.26 Å². The fraction of sp³-hybridized carbons (Fsp3) is 0.364. The molecular formula is C11H11BrFN. The maximum Gasteiger partial charge on any atom is 0.123 e. The lowest BCUT2D eigenvalue weighted by Crippen LogP contribution is -2.16. The van der Waals surface area contributed by atoms with E-state index in [2.05, 4.69) is 22.0 Å². The van der Waals surface area contributed by atoms with Crippen molar-refractivity contribution in [3.8, 4) is 6.07 Å². The van der Waals surface area contributed by atoms with Crippen molar-refractivity contribution in [2.24, 2.45) is 0 Å². The molecule has 0 amide bonds. The zero-order chi connectivity index (χ0) is 10.8. The van der Waals surface area contributed by atoms with E-state index in [9.17, 15) is 4.39 Å². The molecule has 1 aromatic carbocycles. The Morgan fingerprint density at radius 1 is 1.50 bits per heavy atom. The molecular weight excluding hydrogens is 245 g/mol. The average molecular weight is 256 g/mol. The van der Waals surface area contributed by atoms with E-state index in [1.54, 1.807) is 19.9 Å². The standard InChI is InChI=1S/C11H11BrFN/c1-11(2,7-14)10-5-9(13)4-3-8(10)6-12/h3-5H,6H2,1-2H3. The first kappa shape index (κ1) is 11.2. The number of nitrogens with zero attached hydrogens (tertiary/aromatic N) is 1. The van der Waals surface area contributed by atoms with Crippen LogP contribution in [0, 0.1) is 17.1 Å². The third-order valence-electron chi connectivity index (χ3n) is 2.17. The Balaban J connectivity index is 3.32. The number of benzene rings is 1. The van der Waals surface area contributed by atoms with Gasteiger partial charge in [0.05, 0.1) is 11.5 Å². The van der Waals surface area contributed by atoms with Gasteiger partial charge in [-0.3, -0.25) is 0 Å². The van der Waals surface area contributed by atoms with Gasteiger partial charge in [-0.15, -0.1) is 0 Å². The van der Waals surface area contributed by atoms with E-state index >= 15 is 0 Å². The molecule has 0 aromatic heterocycles. The van der Waals surface area contributed by atoms with Crippen LogP contribution in [0.5, 0.6) is 0 Å². The first-order valence-corrected chi connectivity index (χ1v) is 5.39. The Morgan fingerprint density at radius 2 is 2.14 bits per heavy atom. The summed E-state index contributed by atoms with van der Waals surface area (Å²) in [4.78, 5) is 0. The van der Waals surface area contributed by atoms with Crippen molar-refractivity contribution >= 4 is 15.9 Å². The Labute approximate surface area is 91.7 Å². The molecule has 74 valence electrons. The van der Waals surface area contributed by atoms with Crippen molar-refractivity contribution in [1.29, 1.82) is 5.26 Å². The van der Waals surface area contributed by atoms with Crippen LogP contribution in [0.1, 0.15) is 25.0 Å². The summed E-state index contributed by atoms with van der Waals surface area (Å²) in [5.74, 6) is -0.298. The topological polar surface area (TPSA) is 23.8 Å². The van der Waals surface area contributed by atoms with Gasteiger partial charge in [-0.05, 0) is 37.1 Å². The molecule has 0 radical (unpaired) electrons. The molecule has 1 rings (SSSR count). The highest BCUT2D eigenvalue weighted by Gasteiger charge is 2.23. The zero-order valence-electron chi connectivity index (χ0n) is 8.14. The Bertz CT molecular complexity index is 379. The first-order chi connectivity index (χ1) is 6.51. The molecule has 0 heterocycles. The second kappa shape index (κ2) is 4.10. The number of alkyl halides is 1. The molecule has 0 unspecified atom stereocenters. The Morgan fingerprint density at radius 3 is 2.64 bits per heavy atom. The van der Waals surface area contributed by atoms with Crippen LogP contribution in [0.25, 0.3) is 0 Å². The number of nitriles is 1. The van der Waals surface area contributed by atoms with Crippen LogP contribution in [0.4, 0.5) is 4.39 Å². The smallest absolute Gasteiger partial charge is 0.123 e. The minimum Gasteiger partial charge on any atom is -0.207 e. The van der Waals surface area contributed by atoms with Gasteiger partial charge in [0, 0.05) is 5.33 Å². The van der Waals surface area contributed by atoms with Gasteiger partial charge in [-0.2, -0.15) is 5.26 Å². The summed E-state index contributed by atoms with van der Waals surface area (Å²) in [7, 11) is 0. The van der Waals surface area contributed by atoms with Gasteiger partial charge in [0.2, 0.25) is 0 Å². The molecule has 0 aliphatic rings. The molecule has 0 spiro atoms. The molecule has 0 fully saturated rings. The van der Waals surface area contributed by atoms with E-state index < -0.39 is 5.41 Å². The van der Waals surface area contributed by atoms with Crippen LogP contribution in [0.2, 0.25) is 0 Å². The van der Waals surface area contributed by atoms with Gasteiger partial charge >= 0.3 is 0 Å². The lowest BCUT2D eigenvalue weighted by atomic mass is 9.83. The maximum atomic E-state index is 13.0. The second-order valence-corrected chi connectivity index (χ2v) is 4.23. The number of halogens is 2. The fourth-order valence-corrected chi connectivity index (χ4v) is 1.80. The molecule has 1 aromatic rings. The van der Waals surface area contributed by atoms with Crippen molar-refractivity contribution in [2.45, 2.75) is 24.6 Å². The van der Waals surface area contributed by atoms with Gasteiger partial charge in [0.25, 0.3) is 0 Å². The number of hydrogen-bond acceptors (Lipinski definition) is 1. The van der Waals surface area contributed by atoms with E-state index in [0.717, 1.165) is 11.1 Å². The summed E-state index contributed by atoms with van der Waals surface area (Å²) < 4.78 is 13.0. The molecule has 0 saturated heterocycles. The van der Waals surface area contributed by atoms with E-state index in [1.807, 2.05) is 0 Å². The summed E-state index contributed by atoms with van der Waals surface area (Å²) >= 11 is 3.32. The zero-order valence-corrected chi connectivity index (χ0v) is 9.73. The third kappa shape index (κ3) is 2.13. The molecule has 0 atom stereocenters. The number of hydrogen-bond donors (Lipinski definition) is 0. The van der Waals surface area contributed by atoms with Crippen LogP contribution < -0.4 is 0 Å². The predicted octanol–water partition coefficient (Wildman–Crippen LogP) is 3.52. The highest BCUT2D eigenvalue weighted by Crippen LogP contribution is 2.27. The van der Waals surface area contributed by atoms with Gasteiger partial charge in [-0.1, -0.05) is 22.0 Å².